The van der Waals surface area contributed by atoms with E-state index in [0.717, 1.165) is 12.1 Å². The Morgan fingerprint density at radius 3 is 2.00 bits per heavy atom. The van der Waals surface area contributed by atoms with Gasteiger partial charge in [-0.1, -0.05) is 30.3 Å². The molecule has 1 aromatic heterocycles. The van der Waals surface area contributed by atoms with Gasteiger partial charge in [0.1, 0.15) is 0 Å². The highest BCUT2D eigenvalue weighted by molar-refractivity contribution is 6.14. The number of carbonyl (C=O) groups is 2. The Kier molecular flexibility index (Phi) is 6.11. The zero-order valence-electron chi connectivity index (χ0n) is 16.3. The summed E-state index contributed by atoms with van der Waals surface area (Å²) in [6.45, 7) is 1.21. The van der Waals surface area contributed by atoms with Crippen molar-refractivity contribution in [1.82, 2.24) is 9.78 Å². The zero-order valence-corrected chi connectivity index (χ0v) is 16.3. The normalized spacial score (nSPS) is 12.0. The van der Waals surface area contributed by atoms with E-state index in [1.165, 1.54) is 31.2 Å². The van der Waals surface area contributed by atoms with Crippen LogP contribution < -0.4 is 0 Å². The summed E-state index contributed by atoms with van der Waals surface area (Å²) in [7, 11) is 0. The Morgan fingerprint density at radius 2 is 1.50 bits per heavy atom. The second kappa shape index (κ2) is 8.48. The van der Waals surface area contributed by atoms with Crippen molar-refractivity contribution in [1.29, 1.82) is 0 Å². The second-order valence-electron chi connectivity index (χ2n) is 6.44. The monoisotopic (exact) mass is 456 g/mol. The summed E-state index contributed by atoms with van der Waals surface area (Å²) in [5, 5.41) is 3.62. The van der Waals surface area contributed by atoms with Crippen LogP contribution in [0.5, 0.6) is 0 Å². The van der Waals surface area contributed by atoms with Crippen molar-refractivity contribution in [3.05, 3.63) is 82.7 Å². The summed E-state index contributed by atoms with van der Waals surface area (Å²) < 4.78 is 85.7. The number of alkyl halides is 6. The molecule has 168 valence electrons. The fourth-order valence-corrected chi connectivity index (χ4v) is 2.95. The van der Waals surface area contributed by atoms with Gasteiger partial charge in [-0.2, -0.15) is 31.4 Å². The molecule has 0 bridgehead atoms. The molecule has 0 unspecified atom stereocenters. The maximum absolute atomic E-state index is 14.1. The van der Waals surface area contributed by atoms with E-state index in [2.05, 4.69) is 5.10 Å². The summed E-state index contributed by atoms with van der Waals surface area (Å²) >= 11 is 0. The first-order chi connectivity index (χ1) is 14.9. The molecule has 0 fully saturated rings. The van der Waals surface area contributed by atoms with Crippen LogP contribution in [0.2, 0.25) is 0 Å². The number of ketones is 1. The third-order valence-electron chi connectivity index (χ3n) is 4.32. The van der Waals surface area contributed by atoms with Crippen molar-refractivity contribution >= 4 is 11.8 Å². The largest absolute Gasteiger partial charge is 0.461 e. The molecule has 0 saturated heterocycles. The molecule has 5 nitrogen and oxygen atoms in total. The summed E-state index contributed by atoms with van der Waals surface area (Å²) in [5.74, 6) is -2.41. The molecule has 0 aliphatic carbocycles. The molecule has 0 spiro atoms. The first-order valence-electron chi connectivity index (χ1n) is 9.09. The van der Waals surface area contributed by atoms with Crippen LogP contribution in [-0.2, 0) is 17.1 Å². The van der Waals surface area contributed by atoms with E-state index >= 15 is 0 Å². The predicted molar refractivity (Wildman–Crippen MR) is 99.4 cm³/mol. The van der Waals surface area contributed by atoms with E-state index in [-0.39, 0.29) is 16.9 Å². The number of ether oxygens (including phenoxy) is 1. The first kappa shape index (κ1) is 23.0. The lowest BCUT2D eigenvalue weighted by atomic mass is 10.0. The fourth-order valence-electron chi connectivity index (χ4n) is 2.95. The van der Waals surface area contributed by atoms with Crippen molar-refractivity contribution in [3.8, 4) is 5.69 Å². The Bertz CT molecular complexity index is 1130. The molecular formula is C21H14F6N2O3. The third kappa shape index (κ3) is 4.51. The fraction of sp³-hybridized carbons (Fsp3) is 0.190. The van der Waals surface area contributed by atoms with Gasteiger partial charge in [0.25, 0.3) is 0 Å². The lowest BCUT2D eigenvalue weighted by Gasteiger charge is -2.13. The third-order valence-corrected chi connectivity index (χ3v) is 4.32. The van der Waals surface area contributed by atoms with Crippen molar-refractivity contribution in [2.75, 3.05) is 6.61 Å². The maximum atomic E-state index is 14.1. The van der Waals surface area contributed by atoms with Gasteiger partial charge in [-0.25, -0.2) is 9.48 Å². The summed E-state index contributed by atoms with van der Waals surface area (Å²) in [6.07, 6.45) is -9.89. The quantitative estimate of drug-likeness (QED) is 0.296. The first-order valence-corrected chi connectivity index (χ1v) is 9.09. The number of halogens is 6. The Balaban J connectivity index is 2.29. The minimum atomic E-state index is -5.18. The molecular weight excluding hydrogens is 442 g/mol. The molecule has 0 saturated carbocycles. The number of rotatable bonds is 5. The molecule has 0 aliphatic rings. The van der Waals surface area contributed by atoms with Gasteiger partial charge >= 0.3 is 18.3 Å². The smallest absolute Gasteiger partial charge is 0.434 e. The van der Waals surface area contributed by atoms with E-state index in [1.807, 2.05) is 0 Å². The molecule has 3 rings (SSSR count). The van der Waals surface area contributed by atoms with Crippen molar-refractivity contribution in [2.24, 2.45) is 0 Å². The lowest BCUT2D eigenvalue weighted by molar-refractivity contribution is -0.143. The minimum Gasteiger partial charge on any atom is -0.461 e. The molecule has 1 heterocycles. The van der Waals surface area contributed by atoms with Crippen molar-refractivity contribution < 1.29 is 40.7 Å². The molecule has 11 heteroatoms. The van der Waals surface area contributed by atoms with Crippen molar-refractivity contribution in [2.45, 2.75) is 19.3 Å². The highest BCUT2D eigenvalue weighted by atomic mass is 19.4. The van der Waals surface area contributed by atoms with Gasteiger partial charge in [-0.05, 0) is 31.2 Å². The summed E-state index contributed by atoms with van der Waals surface area (Å²) in [5.41, 5.74) is -5.21. The predicted octanol–water partition coefficient (Wildman–Crippen LogP) is 5.32. The van der Waals surface area contributed by atoms with Crippen LogP contribution in [0.15, 0.2) is 54.6 Å². The minimum absolute atomic E-state index is 0.143. The number of carbonyl (C=O) groups excluding carboxylic acids is 2. The summed E-state index contributed by atoms with van der Waals surface area (Å²) in [4.78, 5) is 25.3. The van der Waals surface area contributed by atoms with E-state index in [0.29, 0.717) is 12.1 Å². The Labute approximate surface area is 177 Å². The standard InChI is InChI=1S/C21H14F6N2O3/c1-2-32-19(31)16-15(17(30)12-6-4-3-5-7-12)18(21(25,26)27)29(28-16)14-10-8-13(9-11-14)20(22,23)24/h3-11H,2H2,1H3. The molecule has 3 aromatic rings. The number of hydrogen-bond acceptors (Lipinski definition) is 4. The Morgan fingerprint density at radius 1 is 0.906 bits per heavy atom. The number of esters is 1. The topological polar surface area (TPSA) is 61.2 Å². The van der Waals surface area contributed by atoms with Crippen LogP contribution in [0.4, 0.5) is 26.3 Å². The average Bonchev–Trinajstić information content (AvgIpc) is 3.15. The second-order valence-corrected chi connectivity index (χ2v) is 6.44. The van der Waals surface area contributed by atoms with E-state index < -0.39 is 52.3 Å². The van der Waals surface area contributed by atoms with Gasteiger partial charge in [-0.3, -0.25) is 4.79 Å². The number of benzene rings is 2. The molecule has 0 N–H and O–H groups in total. The number of nitrogens with zero attached hydrogens (tertiary/aromatic N) is 2. The van der Waals surface area contributed by atoms with E-state index in [1.54, 1.807) is 6.07 Å². The number of hydrogen-bond donors (Lipinski definition) is 0. The van der Waals surface area contributed by atoms with Crippen molar-refractivity contribution in [3.63, 3.8) is 0 Å². The Hall–Kier alpha value is -3.63. The van der Waals surface area contributed by atoms with Gasteiger partial charge in [0, 0.05) is 5.56 Å². The van der Waals surface area contributed by atoms with Crippen LogP contribution in [0.25, 0.3) is 5.69 Å². The van der Waals surface area contributed by atoms with Crippen LogP contribution in [-0.4, -0.2) is 28.1 Å². The van der Waals surface area contributed by atoms with Gasteiger partial charge < -0.3 is 4.74 Å². The number of aromatic nitrogens is 2. The average molecular weight is 456 g/mol. The molecule has 0 amide bonds. The maximum Gasteiger partial charge on any atom is 0.434 e. The van der Waals surface area contributed by atoms with E-state index in [9.17, 15) is 35.9 Å². The van der Waals surface area contributed by atoms with Gasteiger partial charge in [0.15, 0.2) is 17.2 Å². The van der Waals surface area contributed by atoms with Crippen LogP contribution in [0.3, 0.4) is 0 Å². The molecule has 0 aliphatic heterocycles. The van der Waals surface area contributed by atoms with Gasteiger partial charge in [-0.15, -0.1) is 0 Å². The lowest BCUT2D eigenvalue weighted by Crippen LogP contribution is -2.19. The molecule has 0 radical (unpaired) electrons. The summed E-state index contributed by atoms with van der Waals surface area (Å²) in [6, 6.07) is 9.56. The van der Waals surface area contributed by atoms with E-state index in [4.69, 9.17) is 4.74 Å². The molecule has 32 heavy (non-hydrogen) atoms. The van der Waals surface area contributed by atoms with Gasteiger partial charge in [0.05, 0.1) is 23.4 Å². The van der Waals surface area contributed by atoms with Crippen LogP contribution in [0.1, 0.15) is 44.6 Å². The van der Waals surface area contributed by atoms with Crippen LogP contribution in [0, 0.1) is 0 Å². The molecule has 2 aromatic carbocycles. The van der Waals surface area contributed by atoms with Gasteiger partial charge in [0.2, 0.25) is 0 Å². The molecule has 0 atom stereocenters. The zero-order chi connectivity index (χ0) is 23.7. The highest BCUT2D eigenvalue weighted by Gasteiger charge is 2.44. The SMILES string of the molecule is CCOC(=O)c1nn(-c2ccc(C(F)(F)F)cc2)c(C(F)(F)F)c1C(=O)c1ccccc1. The van der Waals surface area contributed by atoms with Crippen LogP contribution >= 0.6 is 0 Å². The highest BCUT2D eigenvalue weighted by Crippen LogP contribution is 2.37.